The van der Waals surface area contributed by atoms with Gasteiger partial charge in [-0.15, -0.1) is 0 Å². The zero-order valence-corrected chi connectivity index (χ0v) is 21.0. The Bertz CT molecular complexity index is 1240. The number of anilines is 2. The number of rotatable bonds is 6. The van der Waals surface area contributed by atoms with E-state index in [0.29, 0.717) is 29.6 Å². The minimum absolute atomic E-state index is 0.000145. The summed E-state index contributed by atoms with van der Waals surface area (Å²) in [4.78, 5) is 29.1. The molecule has 1 N–H and O–H groups in total. The molecule has 1 aromatic heterocycles. The Morgan fingerprint density at radius 1 is 1.03 bits per heavy atom. The van der Waals surface area contributed by atoms with Crippen LogP contribution >= 0.6 is 11.6 Å². The minimum atomic E-state index is -0.248. The van der Waals surface area contributed by atoms with E-state index in [1.165, 1.54) is 6.08 Å². The summed E-state index contributed by atoms with van der Waals surface area (Å²) < 4.78 is 5.86. The first-order valence-corrected chi connectivity index (χ1v) is 12.2. The Balaban J connectivity index is 1.39. The topological polar surface area (TPSA) is 65.8 Å². The van der Waals surface area contributed by atoms with Gasteiger partial charge in [-0.05, 0) is 48.9 Å². The molecule has 0 unspecified atom stereocenters. The van der Waals surface area contributed by atoms with Crippen molar-refractivity contribution in [3.05, 3.63) is 77.0 Å². The predicted octanol–water partition coefficient (Wildman–Crippen LogP) is 5.86. The molecular formula is C28H30ClN3O3. The third-order valence-corrected chi connectivity index (χ3v) is 6.48. The highest BCUT2D eigenvalue weighted by Crippen LogP contribution is 2.28. The van der Waals surface area contributed by atoms with E-state index in [-0.39, 0.29) is 17.7 Å². The van der Waals surface area contributed by atoms with E-state index in [4.69, 9.17) is 16.0 Å². The number of furan rings is 1. The van der Waals surface area contributed by atoms with Gasteiger partial charge >= 0.3 is 0 Å². The number of hydrogen-bond donors (Lipinski definition) is 1. The van der Waals surface area contributed by atoms with Gasteiger partial charge in [0.15, 0.2) is 0 Å². The van der Waals surface area contributed by atoms with Crippen molar-refractivity contribution in [3.8, 4) is 11.3 Å². The van der Waals surface area contributed by atoms with Crippen molar-refractivity contribution in [2.75, 3.05) is 36.4 Å². The smallest absolute Gasteiger partial charge is 0.248 e. The van der Waals surface area contributed by atoms with Crippen LogP contribution in [0.2, 0.25) is 5.02 Å². The van der Waals surface area contributed by atoms with Crippen LogP contribution in [-0.4, -0.2) is 42.9 Å². The fourth-order valence-electron chi connectivity index (χ4n) is 4.06. The number of carbonyl (C=O) groups excluding carboxylic acids is 2. The van der Waals surface area contributed by atoms with Crippen molar-refractivity contribution >= 4 is 40.9 Å². The number of aryl methyl sites for hydroxylation is 1. The Morgan fingerprint density at radius 3 is 2.49 bits per heavy atom. The number of hydrogen-bond acceptors (Lipinski definition) is 4. The number of piperazine rings is 1. The molecule has 1 aliphatic rings. The van der Waals surface area contributed by atoms with Gasteiger partial charge in [0.25, 0.3) is 0 Å². The molecule has 182 valence electrons. The Kier molecular flexibility index (Phi) is 7.61. The van der Waals surface area contributed by atoms with Gasteiger partial charge in [-0.25, -0.2) is 0 Å². The summed E-state index contributed by atoms with van der Waals surface area (Å²) in [6.45, 7) is 8.59. The number of para-hydroxylation sites is 2. The molecule has 0 bridgehead atoms. The lowest BCUT2D eigenvalue weighted by atomic mass is 10.1. The molecule has 2 amide bonds. The van der Waals surface area contributed by atoms with Gasteiger partial charge in [0.1, 0.15) is 11.5 Å². The van der Waals surface area contributed by atoms with E-state index in [0.717, 1.165) is 35.6 Å². The first-order valence-electron chi connectivity index (χ1n) is 11.8. The van der Waals surface area contributed by atoms with Gasteiger partial charge in [0.05, 0.1) is 11.4 Å². The monoisotopic (exact) mass is 491 g/mol. The number of amides is 2. The molecule has 1 aliphatic heterocycles. The van der Waals surface area contributed by atoms with Crippen molar-refractivity contribution < 1.29 is 14.0 Å². The molecule has 4 rings (SSSR count). The molecule has 3 aromatic rings. The molecule has 0 radical (unpaired) electrons. The summed E-state index contributed by atoms with van der Waals surface area (Å²) in [5.41, 5.74) is 3.57. The Hall–Kier alpha value is -3.51. The molecule has 7 heteroatoms. The summed E-state index contributed by atoms with van der Waals surface area (Å²) in [5.74, 6) is 1.20. The van der Waals surface area contributed by atoms with Crippen LogP contribution in [-0.2, 0) is 9.59 Å². The molecule has 1 fully saturated rings. The second-order valence-electron chi connectivity index (χ2n) is 8.97. The highest BCUT2D eigenvalue weighted by molar-refractivity contribution is 6.31. The summed E-state index contributed by atoms with van der Waals surface area (Å²) in [7, 11) is 0. The number of nitrogens with zero attached hydrogens (tertiary/aromatic N) is 2. The molecule has 0 aliphatic carbocycles. The van der Waals surface area contributed by atoms with Crippen LogP contribution in [0, 0.1) is 12.8 Å². The van der Waals surface area contributed by atoms with Crippen LogP contribution < -0.4 is 10.2 Å². The standard InChI is InChI=1S/C28H30ClN3O3/c1-19(2)28(34)32-16-14-31(15-17-32)25-7-5-4-6-24(25)30-27(33)13-11-22-10-12-26(35-22)21-9-8-20(3)23(29)18-21/h4-13,18-19H,14-17H2,1-3H3,(H,30,33)/b13-11+. The average molecular weight is 492 g/mol. The van der Waals surface area contributed by atoms with Crippen molar-refractivity contribution in [2.45, 2.75) is 20.8 Å². The molecule has 6 nitrogen and oxygen atoms in total. The molecule has 2 aromatic carbocycles. The second kappa shape index (κ2) is 10.8. The first-order chi connectivity index (χ1) is 16.8. The van der Waals surface area contributed by atoms with E-state index >= 15 is 0 Å². The van der Waals surface area contributed by atoms with Crippen LogP contribution in [0.1, 0.15) is 25.2 Å². The zero-order valence-electron chi connectivity index (χ0n) is 20.3. The summed E-state index contributed by atoms with van der Waals surface area (Å²) in [6, 6.07) is 17.2. The fourth-order valence-corrected chi connectivity index (χ4v) is 4.24. The molecule has 35 heavy (non-hydrogen) atoms. The SMILES string of the molecule is Cc1ccc(-c2ccc(/C=C/C(=O)Nc3ccccc3N3CCN(C(=O)C(C)C)CC3)o2)cc1Cl. The molecule has 0 saturated carbocycles. The number of halogens is 1. The van der Waals surface area contributed by atoms with Crippen molar-refractivity contribution in [2.24, 2.45) is 5.92 Å². The van der Waals surface area contributed by atoms with E-state index in [1.54, 1.807) is 6.08 Å². The highest BCUT2D eigenvalue weighted by Gasteiger charge is 2.24. The third kappa shape index (κ3) is 5.95. The normalized spacial score (nSPS) is 14.1. The second-order valence-corrected chi connectivity index (χ2v) is 9.38. The average Bonchev–Trinajstić information content (AvgIpc) is 3.33. The summed E-state index contributed by atoms with van der Waals surface area (Å²) in [6.07, 6.45) is 3.11. The fraction of sp³-hybridized carbons (Fsp3) is 0.286. The number of nitrogens with one attached hydrogen (secondary N) is 1. The number of carbonyl (C=O) groups is 2. The van der Waals surface area contributed by atoms with Gasteiger partial charge in [-0.1, -0.05) is 49.7 Å². The largest absolute Gasteiger partial charge is 0.457 e. The molecule has 0 spiro atoms. The minimum Gasteiger partial charge on any atom is -0.457 e. The lowest BCUT2D eigenvalue weighted by Gasteiger charge is -2.37. The molecular weight excluding hydrogens is 462 g/mol. The first kappa shape index (κ1) is 24.6. The van der Waals surface area contributed by atoms with Crippen LogP contribution in [0.25, 0.3) is 17.4 Å². The molecule has 0 atom stereocenters. The van der Waals surface area contributed by atoms with Crippen LogP contribution in [0.4, 0.5) is 11.4 Å². The molecule has 1 saturated heterocycles. The third-order valence-electron chi connectivity index (χ3n) is 6.07. The van der Waals surface area contributed by atoms with E-state index in [2.05, 4.69) is 10.2 Å². The van der Waals surface area contributed by atoms with Crippen LogP contribution in [0.5, 0.6) is 0 Å². The summed E-state index contributed by atoms with van der Waals surface area (Å²) >= 11 is 6.22. The van der Waals surface area contributed by atoms with Gasteiger partial charge in [-0.3, -0.25) is 9.59 Å². The van der Waals surface area contributed by atoms with Crippen molar-refractivity contribution in [1.29, 1.82) is 0 Å². The van der Waals surface area contributed by atoms with Gasteiger partial charge in [0, 0.05) is 48.8 Å². The van der Waals surface area contributed by atoms with E-state index in [9.17, 15) is 9.59 Å². The van der Waals surface area contributed by atoms with Gasteiger partial charge in [-0.2, -0.15) is 0 Å². The van der Waals surface area contributed by atoms with Crippen LogP contribution in [0.3, 0.4) is 0 Å². The summed E-state index contributed by atoms with van der Waals surface area (Å²) in [5, 5.41) is 3.66. The van der Waals surface area contributed by atoms with E-state index in [1.807, 2.05) is 80.3 Å². The van der Waals surface area contributed by atoms with Crippen molar-refractivity contribution in [3.63, 3.8) is 0 Å². The van der Waals surface area contributed by atoms with Crippen molar-refractivity contribution in [1.82, 2.24) is 4.90 Å². The Labute approximate surface area is 211 Å². The maximum Gasteiger partial charge on any atom is 0.248 e. The van der Waals surface area contributed by atoms with Gasteiger partial charge < -0.3 is 19.5 Å². The predicted molar refractivity (Wildman–Crippen MR) is 142 cm³/mol. The maximum absolute atomic E-state index is 12.7. The quantitative estimate of drug-likeness (QED) is 0.438. The molecule has 2 heterocycles. The lowest BCUT2D eigenvalue weighted by molar-refractivity contribution is -0.134. The lowest BCUT2D eigenvalue weighted by Crippen LogP contribution is -2.50. The zero-order chi connectivity index (χ0) is 24.9. The van der Waals surface area contributed by atoms with Gasteiger partial charge in [0.2, 0.25) is 11.8 Å². The number of benzene rings is 2. The Morgan fingerprint density at radius 2 is 1.77 bits per heavy atom. The highest BCUT2D eigenvalue weighted by atomic mass is 35.5. The van der Waals surface area contributed by atoms with Crippen LogP contribution in [0.15, 0.2) is 65.1 Å². The van der Waals surface area contributed by atoms with E-state index < -0.39 is 0 Å². The maximum atomic E-state index is 12.7.